The SMILES string of the molecule is C=C1CN(Cc2cncc(-c3ccc(Cl)c(OC(F)F)c3)n2)C(=O)O1. The van der Waals surface area contributed by atoms with Gasteiger partial charge in [0.1, 0.15) is 11.5 Å². The highest BCUT2D eigenvalue weighted by Gasteiger charge is 2.26. The van der Waals surface area contributed by atoms with Gasteiger partial charge in [0.05, 0.1) is 41.9 Å². The van der Waals surface area contributed by atoms with Crippen molar-refractivity contribution in [2.24, 2.45) is 0 Å². The van der Waals surface area contributed by atoms with Crippen LogP contribution in [0.2, 0.25) is 5.02 Å². The largest absolute Gasteiger partial charge is 0.433 e. The van der Waals surface area contributed by atoms with E-state index in [1.54, 1.807) is 6.07 Å². The zero-order valence-electron chi connectivity index (χ0n) is 12.8. The highest BCUT2D eigenvalue weighted by atomic mass is 35.5. The fourth-order valence-electron chi connectivity index (χ4n) is 2.28. The van der Waals surface area contributed by atoms with Crippen LogP contribution < -0.4 is 4.74 Å². The van der Waals surface area contributed by atoms with Gasteiger partial charge < -0.3 is 9.47 Å². The lowest BCUT2D eigenvalue weighted by atomic mass is 10.1. The van der Waals surface area contributed by atoms with Gasteiger partial charge in [-0.3, -0.25) is 9.88 Å². The number of halogens is 3. The van der Waals surface area contributed by atoms with Crippen LogP contribution in [0.5, 0.6) is 5.75 Å². The zero-order valence-corrected chi connectivity index (χ0v) is 13.5. The Kier molecular flexibility index (Phi) is 4.80. The molecule has 1 aromatic carbocycles. The summed E-state index contributed by atoms with van der Waals surface area (Å²) < 4.78 is 34.1. The number of cyclic esters (lactones) is 1. The van der Waals surface area contributed by atoms with E-state index in [0.717, 1.165) is 0 Å². The van der Waals surface area contributed by atoms with Gasteiger partial charge in [0.2, 0.25) is 0 Å². The fraction of sp³-hybridized carbons (Fsp3) is 0.188. The summed E-state index contributed by atoms with van der Waals surface area (Å²) in [7, 11) is 0. The van der Waals surface area contributed by atoms with E-state index in [-0.39, 0.29) is 23.9 Å². The number of ether oxygens (including phenoxy) is 2. The van der Waals surface area contributed by atoms with Crippen LogP contribution in [0.1, 0.15) is 5.69 Å². The molecular weight excluding hydrogens is 356 g/mol. The van der Waals surface area contributed by atoms with Crippen molar-refractivity contribution in [2.75, 3.05) is 6.54 Å². The Morgan fingerprint density at radius 3 is 2.88 bits per heavy atom. The summed E-state index contributed by atoms with van der Waals surface area (Å²) in [5.74, 6) is 0.210. The molecule has 0 unspecified atom stereocenters. The number of amides is 1. The van der Waals surface area contributed by atoms with Crippen molar-refractivity contribution in [3.05, 3.63) is 53.6 Å². The molecule has 1 fully saturated rings. The number of nitrogens with zero attached hydrogens (tertiary/aromatic N) is 3. The molecule has 0 atom stereocenters. The van der Waals surface area contributed by atoms with E-state index in [1.165, 1.54) is 29.4 Å². The topological polar surface area (TPSA) is 64.5 Å². The normalized spacial score (nSPS) is 14.2. The first-order valence-corrected chi connectivity index (χ1v) is 7.50. The summed E-state index contributed by atoms with van der Waals surface area (Å²) in [4.78, 5) is 21.5. The lowest BCUT2D eigenvalue weighted by Crippen LogP contribution is -2.24. The van der Waals surface area contributed by atoms with E-state index in [9.17, 15) is 13.6 Å². The molecule has 0 aliphatic carbocycles. The smallest absolute Gasteiger partial charge is 0.415 e. The zero-order chi connectivity index (χ0) is 18.0. The van der Waals surface area contributed by atoms with Crippen LogP contribution >= 0.6 is 11.6 Å². The molecule has 0 bridgehead atoms. The number of aromatic nitrogens is 2. The third-order valence-corrected chi connectivity index (χ3v) is 3.65. The van der Waals surface area contributed by atoms with Crippen LogP contribution in [0.25, 0.3) is 11.3 Å². The van der Waals surface area contributed by atoms with Crippen molar-refractivity contribution in [2.45, 2.75) is 13.2 Å². The van der Waals surface area contributed by atoms with Gasteiger partial charge in [-0.15, -0.1) is 0 Å². The summed E-state index contributed by atoms with van der Waals surface area (Å²) in [6.07, 6.45) is 2.47. The number of benzene rings is 1. The molecule has 1 saturated heterocycles. The van der Waals surface area contributed by atoms with Crippen molar-refractivity contribution in [3.63, 3.8) is 0 Å². The molecule has 6 nitrogen and oxygen atoms in total. The Morgan fingerprint density at radius 1 is 1.40 bits per heavy atom. The number of hydrogen-bond acceptors (Lipinski definition) is 5. The van der Waals surface area contributed by atoms with Crippen LogP contribution in [0.4, 0.5) is 13.6 Å². The van der Waals surface area contributed by atoms with Crippen molar-refractivity contribution in [1.82, 2.24) is 14.9 Å². The Bertz CT molecular complexity index is 832. The van der Waals surface area contributed by atoms with Gasteiger partial charge in [0.15, 0.2) is 0 Å². The molecule has 0 spiro atoms. The van der Waals surface area contributed by atoms with Gasteiger partial charge in [-0.05, 0) is 12.1 Å². The minimum absolute atomic E-state index is 0.0616. The minimum Gasteiger partial charge on any atom is -0.433 e. The lowest BCUT2D eigenvalue weighted by Gasteiger charge is -2.12. The molecule has 0 radical (unpaired) electrons. The van der Waals surface area contributed by atoms with Crippen LogP contribution in [0.3, 0.4) is 0 Å². The molecule has 1 aromatic heterocycles. The number of alkyl halides is 2. The maximum atomic E-state index is 12.4. The molecule has 3 rings (SSSR count). The molecule has 2 heterocycles. The third kappa shape index (κ3) is 4.03. The van der Waals surface area contributed by atoms with Gasteiger partial charge in [0, 0.05) is 5.56 Å². The van der Waals surface area contributed by atoms with Crippen LogP contribution in [-0.2, 0) is 11.3 Å². The predicted molar refractivity (Wildman–Crippen MR) is 85.1 cm³/mol. The Balaban J connectivity index is 1.84. The molecular formula is C16H12ClF2N3O3. The second-order valence-corrected chi connectivity index (χ2v) is 5.59. The van der Waals surface area contributed by atoms with Crippen molar-refractivity contribution in [3.8, 4) is 17.0 Å². The van der Waals surface area contributed by atoms with Gasteiger partial charge in [-0.1, -0.05) is 24.2 Å². The van der Waals surface area contributed by atoms with E-state index in [0.29, 0.717) is 22.7 Å². The number of carbonyl (C=O) groups is 1. The molecule has 2 aromatic rings. The number of carbonyl (C=O) groups excluding carboxylic acids is 1. The second-order valence-electron chi connectivity index (χ2n) is 5.18. The highest BCUT2D eigenvalue weighted by molar-refractivity contribution is 6.32. The molecule has 0 N–H and O–H groups in total. The quantitative estimate of drug-likeness (QED) is 0.802. The molecule has 1 aliphatic rings. The second kappa shape index (κ2) is 7.02. The Morgan fingerprint density at radius 2 is 2.20 bits per heavy atom. The third-order valence-electron chi connectivity index (χ3n) is 3.34. The minimum atomic E-state index is -2.99. The van der Waals surface area contributed by atoms with Crippen LogP contribution in [-0.4, -0.2) is 34.1 Å². The molecule has 130 valence electrons. The van der Waals surface area contributed by atoms with E-state index in [4.69, 9.17) is 16.3 Å². The van der Waals surface area contributed by atoms with Crippen LogP contribution in [0, 0.1) is 0 Å². The molecule has 9 heteroatoms. The maximum Gasteiger partial charge on any atom is 0.415 e. The molecule has 0 saturated carbocycles. The first-order valence-electron chi connectivity index (χ1n) is 7.12. The summed E-state index contributed by atoms with van der Waals surface area (Å²) in [5, 5.41) is 0.0616. The van der Waals surface area contributed by atoms with Crippen molar-refractivity contribution < 1.29 is 23.0 Å². The fourth-order valence-corrected chi connectivity index (χ4v) is 2.45. The summed E-state index contributed by atoms with van der Waals surface area (Å²) in [6, 6.07) is 4.40. The Hall–Kier alpha value is -2.74. The first kappa shape index (κ1) is 17.1. The lowest BCUT2D eigenvalue weighted by molar-refractivity contribution is -0.0497. The van der Waals surface area contributed by atoms with Gasteiger partial charge in [0.25, 0.3) is 0 Å². The Labute approximate surface area is 146 Å². The number of rotatable bonds is 5. The summed E-state index contributed by atoms with van der Waals surface area (Å²) >= 11 is 5.84. The van der Waals surface area contributed by atoms with Gasteiger partial charge in [-0.25, -0.2) is 9.78 Å². The van der Waals surface area contributed by atoms with Gasteiger partial charge >= 0.3 is 12.7 Å². The maximum absolute atomic E-state index is 12.4. The molecule has 1 amide bonds. The summed E-state index contributed by atoms with van der Waals surface area (Å²) in [5.41, 5.74) is 1.44. The average Bonchev–Trinajstić information content (AvgIpc) is 2.87. The van der Waals surface area contributed by atoms with Crippen molar-refractivity contribution >= 4 is 17.7 Å². The monoisotopic (exact) mass is 367 g/mol. The standard InChI is InChI=1S/C16H12ClF2N3O3/c1-9-7-22(16(23)24-9)8-11-5-20-6-13(21-11)10-2-3-12(17)14(4-10)25-15(18)19/h2-6,15H,1,7-8H2. The molecule has 25 heavy (non-hydrogen) atoms. The molecule has 1 aliphatic heterocycles. The number of hydrogen-bond donors (Lipinski definition) is 0. The van der Waals surface area contributed by atoms with Gasteiger partial charge in [-0.2, -0.15) is 8.78 Å². The summed E-state index contributed by atoms with van der Waals surface area (Å²) in [6.45, 7) is 1.07. The van der Waals surface area contributed by atoms with Crippen LogP contribution in [0.15, 0.2) is 42.9 Å². The van der Waals surface area contributed by atoms with Crippen molar-refractivity contribution in [1.29, 1.82) is 0 Å². The average molecular weight is 368 g/mol. The van der Waals surface area contributed by atoms with E-state index in [2.05, 4.69) is 21.3 Å². The highest BCUT2D eigenvalue weighted by Crippen LogP contribution is 2.31. The predicted octanol–water partition coefficient (Wildman–Crippen LogP) is 3.86. The van der Waals surface area contributed by atoms with E-state index in [1.807, 2.05) is 0 Å². The first-order chi connectivity index (χ1) is 11.9. The van der Waals surface area contributed by atoms with E-state index >= 15 is 0 Å². The van der Waals surface area contributed by atoms with E-state index < -0.39 is 12.7 Å².